The molecule has 2 nitrogen and oxygen atoms in total. The molecule has 21 heavy (non-hydrogen) atoms. The highest BCUT2D eigenvalue weighted by molar-refractivity contribution is 9.10. The quantitative estimate of drug-likeness (QED) is 0.672. The van der Waals surface area contributed by atoms with Crippen molar-refractivity contribution in [1.82, 2.24) is 0 Å². The fraction of sp³-hybridized carbons (Fsp3) is 0.143. The number of nitrogens with one attached hydrogen (secondary N) is 1. The molecule has 7 heteroatoms. The van der Waals surface area contributed by atoms with Crippen molar-refractivity contribution in [1.29, 1.82) is 0 Å². The van der Waals surface area contributed by atoms with Crippen LogP contribution in [0.4, 0.5) is 14.5 Å². The second-order valence-electron chi connectivity index (χ2n) is 4.13. The Hall–Kier alpha value is -1.04. The second kappa shape index (κ2) is 7.29. The summed E-state index contributed by atoms with van der Waals surface area (Å²) in [6, 6.07) is 10.7. The first-order chi connectivity index (χ1) is 9.95. The van der Waals surface area contributed by atoms with Crippen molar-refractivity contribution in [3.63, 3.8) is 0 Å². The average Bonchev–Trinajstić information content (AvgIpc) is 2.40. The Bertz CT molecular complexity index is 617. The van der Waals surface area contributed by atoms with E-state index in [-0.39, 0.29) is 15.8 Å². The molecule has 0 atom stereocenters. The molecule has 0 spiro atoms. The third-order valence-electron chi connectivity index (χ3n) is 2.59. The van der Waals surface area contributed by atoms with Crippen LogP contribution in [0, 0.1) is 0 Å². The summed E-state index contributed by atoms with van der Waals surface area (Å²) in [7, 11) is 0. The van der Waals surface area contributed by atoms with Gasteiger partial charge in [-0.2, -0.15) is 8.78 Å². The van der Waals surface area contributed by atoms with Gasteiger partial charge in [0, 0.05) is 16.7 Å². The highest BCUT2D eigenvalue weighted by atomic mass is 79.9. The average molecular weight is 397 g/mol. The van der Waals surface area contributed by atoms with Crippen LogP contribution >= 0.6 is 39.1 Å². The molecular weight excluding hydrogens is 387 g/mol. The van der Waals surface area contributed by atoms with Gasteiger partial charge in [-0.25, -0.2) is 0 Å². The zero-order valence-electron chi connectivity index (χ0n) is 10.5. The number of benzene rings is 2. The van der Waals surface area contributed by atoms with Gasteiger partial charge in [0.2, 0.25) is 0 Å². The fourth-order valence-corrected chi connectivity index (χ4v) is 2.74. The second-order valence-corrected chi connectivity index (χ2v) is 5.86. The molecule has 2 aromatic carbocycles. The molecular formula is C14H10BrCl2F2NO. The van der Waals surface area contributed by atoms with Crippen LogP contribution in [0.2, 0.25) is 10.0 Å². The van der Waals surface area contributed by atoms with Crippen molar-refractivity contribution in [2.24, 2.45) is 0 Å². The number of halogens is 5. The minimum Gasteiger partial charge on any atom is -0.432 e. The molecule has 0 heterocycles. The van der Waals surface area contributed by atoms with Gasteiger partial charge in [0.15, 0.2) is 5.75 Å². The number of hydrogen-bond acceptors (Lipinski definition) is 2. The summed E-state index contributed by atoms with van der Waals surface area (Å²) in [5.41, 5.74) is 1.66. The Kier molecular flexibility index (Phi) is 5.67. The molecule has 112 valence electrons. The molecule has 0 aromatic heterocycles. The lowest BCUT2D eigenvalue weighted by Gasteiger charge is -2.12. The third kappa shape index (κ3) is 4.73. The molecule has 0 aliphatic heterocycles. The monoisotopic (exact) mass is 395 g/mol. The Morgan fingerprint density at radius 1 is 1.14 bits per heavy atom. The van der Waals surface area contributed by atoms with E-state index in [1.165, 1.54) is 12.1 Å². The minimum absolute atomic E-state index is 0.0274. The van der Waals surface area contributed by atoms with Gasteiger partial charge in [0.1, 0.15) is 0 Å². The van der Waals surface area contributed by atoms with Crippen molar-refractivity contribution in [2.45, 2.75) is 13.2 Å². The van der Waals surface area contributed by atoms with Crippen LogP contribution in [-0.2, 0) is 6.54 Å². The third-order valence-corrected chi connectivity index (χ3v) is 3.65. The normalized spacial score (nSPS) is 10.8. The molecule has 0 radical (unpaired) electrons. The summed E-state index contributed by atoms with van der Waals surface area (Å²) >= 11 is 15.2. The number of anilines is 1. The largest absolute Gasteiger partial charge is 0.432 e. The number of hydrogen-bond donors (Lipinski definition) is 1. The Labute approximate surface area is 139 Å². The van der Waals surface area contributed by atoms with Crippen molar-refractivity contribution in [2.75, 3.05) is 5.32 Å². The molecule has 0 unspecified atom stereocenters. The zero-order valence-corrected chi connectivity index (χ0v) is 13.6. The summed E-state index contributed by atoms with van der Waals surface area (Å²) in [4.78, 5) is 0. The van der Waals surface area contributed by atoms with Gasteiger partial charge < -0.3 is 10.1 Å². The van der Waals surface area contributed by atoms with E-state index in [1.54, 1.807) is 0 Å². The van der Waals surface area contributed by atoms with Gasteiger partial charge in [-0.3, -0.25) is 0 Å². The number of ether oxygens (including phenoxy) is 1. The van der Waals surface area contributed by atoms with Crippen molar-refractivity contribution >= 4 is 44.8 Å². The van der Waals surface area contributed by atoms with Crippen molar-refractivity contribution in [3.8, 4) is 5.75 Å². The summed E-state index contributed by atoms with van der Waals surface area (Å²) in [6.07, 6.45) is 0. The molecule has 0 fully saturated rings. The van der Waals surface area contributed by atoms with Gasteiger partial charge in [-0.1, -0.05) is 51.3 Å². The smallest absolute Gasteiger partial charge is 0.387 e. The number of rotatable bonds is 5. The van der Waals surface area contributed by atoms with E-state index in [2.05, 4.69) is 26.0 Å². The highest BCUT2D eigenvalue weighted by Crippen LogP contribution is 2.37. The molecule has 0 bridgehead atoms. The predicted octanol–water partition coefficient (Wildman–Crippen LogP) is 5.97. The Balaban J connectivity index is 2.11. The van der Waals surface area contributed by atoms with Crippen molar-refractivity contribution in [3.05, 3.63) is 56.5 Å². The first-order valence-electron chi connectivity index (χ1n) is 5.88. The maximum atomic E-state index is 12.2. The predicted molar refractivity (Wildman–Crippen MR) is 84.6 cm³/mol. The maximum Gasteiger partial charge on any atom is 0.387 e. The van der Waals surface area contributed by atoms with Crippen LogP contribution in [0.15, 0.2) is 40.9 Å². The van der Waals surface area contributed by atoms with E-state index in [1.807, 2.05) is 24.3 Å². The molecule has 0 saturated heterocycles. The van der Waals surface area contributed by atoms with E-state index in [4.69, 9.17) is 23.2 Å². The van der Waals surface area contributed by atoms with E-state index in [0.29, 0.717) is 12.2 Å². The first-order valence-corrected chi connectivity index (χ1v) is 7.43. The standard InChI is InChI=1S/C14H10BrCl2F2NO/c15-9-3-1-2-8(4-9)7-20-10-5-11(16)13(12(17)6-10)21-14(18)19/h1-6,14,20H,7H2. The van der Waals surface area contributed by atoms with Crippen LogP contribution in [0.25, 0.3) is 0 Å². The lowest BCUT2D eigenvalue weighted by atomic mass is 10.2. The van der Waals surface area contributed by atoms with Crippen LogP contribution in [0.3, 0.4) is 0 Å². The lowest BCUT2D eigenvalue weighted by molar-refractivity contribution is -0.0497. The van der Waals surface area contributed by atoms with Gasteiger partial charge in [0.25, 0.3) is 0 Å². The van der Waals surface area contributed by atoms with E-state index >= 15 is 0 Å². The summed E-state index contributed by atoms with van der Waals surface area (Å²) in [6.45, 7) is -2.43. The molecule has 0 aliphatic rings. The Morgan fingerprint density at radius 3 is 2.38 bits per heavy atom. The van der Waals surface area contributed by atoms with Gasteiger partial charge >= 0.3 is 6.61 Å². The van der Waals surface area contributed by atoms with Crippen LogP contribution in [-0.4, -0.2) is 6.61 Å². The van der Waals surface area contributed by atoms with Crippen LogP contribution in [0.1, 0.15) is 5.56 Å². The van der Waals surface area contributed by atoms with E-state index < -0.39 is 6.61 Å². The van der Waals surface area contributed by atoms with Crippen LogP contribution in [0.5, 0.6) is 5.75 Å². The highest BCUT2D eigenvalue weighted by Gasteiger charge is 2.14. The first kappa shape index (κ1) is 16.3. The number of alkyl halides is 2. The fourth-order valence-electron chi connectivity index (χ4n) is 1.71. The molecule has 0 aliphatic carbocycles. The molecule has 0 amide bonds. The van der Waals surface area contributed by atoms with Crippen molar-refractivity contribution < 1.29 is 13.5 Å². The minimum atomic E-state index is -2.97. The molecule has 0 saturated carbocycles. The molecule has 1 N–H and O–H groups in total. The lowest BCUT2D eigenvalue weighted by Crippen LogP contribution is -2.04. The topological polar surface area (TPSA) is 21.3 Å². The van der Waals surface area contributed by atoms with Gasteiger partial charge in [0.05, 0.1) is 10.0 Å². The summed E-state index contributed by atoms with van der Waals surface area (Å²) in [5.74, 6) is -0.221. The SMILES string of the molecule is FC(F)Oc1c(Cl)cc(NCc2cccc(Br)c2)cc1Cl. The molecule has 2 rings (SSSR count). The molecule has 2 aromatic rings. The Morgan fingerprint density at radius 2 is 1.81 bits per heavy atom. The summed E-state index contributed by atoms with van der Waals surface area (Å²) in [5, 5.41) is 3.17. The van der Waals surface area contributed by atoms with Gasteiger partial charge in [-0.15, -0.1) is 0 Å². The van der Waals surface area contributed by atoms with Crippen LogP contribution < -0.4 is 10.1 Å². The van der Waals surface area contributed by atoms with E-state index in [0.717, 1.165) is 10.0 Å². The maximum absolute atomic E-state index is 12.2. The summed E-state index contributed by atoms with van der Waals surface area (Å²) < 4.78 is 29.7. The zero-order chi connectivity index (χ0) is 15.4. The van der Waals surface area contributed by atoms with E-state index in [9.17, 15) is 8.78 Å². The van der Waals surface area contributed by atoms with Gasteiger partial charge in [-0.05, 0) is 29.8 Å².